The molecule has 3 N–H and O–H groups in total. The first-order valence-electron chi connectivity index (χ1n) is 5.07. The summed E-state index contributed by atoms with van der Waals surface area (Å²) in [5.74, 6) is -0.306. The van der Waals surface area contributed by atoms with Gasteiger partial charge in [0.2, 0.25) is 5.91 Å². The number of nitrogens with two attached hydrogens (primary N) is 1. The number of carbonyl (C=O) groups is 1. The summed E-state index contributed by atoms with van der Waals surface area (Å²) in [5.41, 5.74) is 5.25. The van der Waals surface area contributed by atoms with E-state index in [1.54, 1.807) is 0 Å². The van der Waals surface area contributed by atoms with Gasteiger partial charge >= 0.3 is 6.18 Å². The van der Waals surface area contributed by atoms with Crippen molar-refractivity contribution in [1.82, 2.24) is 5.32 Å². The third-order valence-electron chi connectivity index (χ3n) is 1.69. The molecule has 96 valence electrons. The van der Waals surface area contributed by atoms with E-state index in [9.17, 15) is 18.0 Å². The monoisotopic (exact) mass is 242 g/mol. The van der Waals surface area contributed by atoms with E-state index in [2.05, 4.69) is 10.1 Å². The van der Waals surface area contributed by atoms with Crippen molar-refractivity contribution in [2.75, 3.05) is 26.3 Å². The first-order valence-corrected chi connectivity index (χ1v) is 5.07. The minimum atomic E-state index is -4.34. The van der Waals surface area contributed by atoms with Crippen molar-refractivity contribution in [2.24, 2.45) is 5.73 Å². The lowest BCUT2D eigenvalue weighted by molar-refractivity contribution is -0.174. The Morgan fingerprint density at radius 3 is 2.56 bits per heavy atom. The first-order chi connectivity index (χ1) is 7.45. The second-order valence-corrected chi connectivity index (χ2v) is 3.26. The summed E-state index contributed by atoms with van der Waals surface area (Å²) in [7, 11) is 0. The SMILES string of the molecule is NCCCCNC(=O)CCOCC(F)(F)F. The molecule has 0 bridgehead atoms. The van der Waals surface area contributed by atoms with Crippen LogP contribution in [-0.4, -0.2) is 38.4 Å². The van der Waals surface area contributed by atoms with E-state index in [4.69, 9.17) is 5.73 Å². The minimum Gasteiger partial charge on any atom is -0.372 e. The maximum Gasteiger partial charge on any atom is 0.411 e. The zero-order chi connectivity index (χ0) is 12.4. The van der Waals surface area contributed by atoms with Crippen LogP contribution in [0.4, 0.5) is 13.2 Å². The molecule has 0 heterocycles. The van der Waals surface area contributed by atoms with Gasteiger partial charge in [-0.15, -0.1) is 0 Å². The lowest BCUT2D eigenvalue weighted by Gasteiger charge is -2.07. The molecule has 1 amide bonds. The van der Waals surface area contributed by atoms with Gasteiger partial charge in [-0.3, -0.25) is 4.79 Å². The van der Waals surface area contributed by atoms with Crippen molar-refractivity contribution in [3.8, 4) is 0 Å². The molecule has 0 aromatic rings. The number of ether oxygens (including phenoxy) is 1. The lowest BCUT2D eigenvalue weighted by atomic mass is 10.3. The van der Waals surface area contributed by atoms with Crippen LogP contribution in [0.25, 0.3) is 0 Å². The van der Waals surface area contributed by atoms with Gasteiger partial charge < -0.3 is 15.8 Å². The Hall–Kier alpha value is -0.820. The summed E-state index contributed by atoms with van der Waals surface area (Å²) in [6, 6.07) is 0. The smallest absolute Gasteiger partial charge is 0.372 e. The number of halogens is 3. The van der Waals surface area contributed by atoms with Crippen molar-refractivity contribution in [2.45, 2.75) is 25.4 Å². The highest BCUT2D eigenvalue weighted by atomic mass is 19.4. The molecule has 7 heteroatoms. The lowest BCUT2D eigenvalue weighted by Crippen LogP contribution is -2.26. The second-order valence-electron chi connectivity index (χ2n) is 3.26. The van der Waals surface area contributed by atoms with E-state index in [-0.39, 0.29) is 18.9 Å². The highest BCUT2D eigenvalue weighted by Crippen LogP contribution is 2.14. The molecule has 0 aliphatic heterocycles. The standard InChI is InChI=1S/C9H17F3N2O2/c10-9(11,12)7-16-6-3-8(15)14-5-2-1-4-13/h1-7,13H2,(H,14,15). The van der Waals surface area contributed by atoms with Crippen molar-refractivity contribution in [1.29, 1.82) is 0 Å². The topological polar surface area (TPSA) is 64.3 Å². The largest absolute Gasteiger partial charge is 0.411 e. The van der Waals surface area contributed by atoms with Gasteiger partial charge in [0.05, 0.1) is 6.61 Å². The molecule has 4 nitrogen and oxygen atoms in total. The molecule has 0 radical (unpaired) electrons. The fraction of sp³-hybridized carbons (Fsp3) is 0.889. The number of amides is 1. The number of nitrogens with one attached hydrogen (secondary N) is 1. The third kappa shape index (κ3) is 11.3. The second kappa shape index (κ2) is 8.35. The minimum absolute atomic E-state index is 0.0568. The van der Waals surface area contributed by atoms with E-state index in [0.29, 0.717) is 13.1 Å². The molecule has 0 saturated heterocycles. The Morgan fingerprint density at radius 1 is 1.31 bits per heavy atom. The predicted octanol–water partition coefficient (Wildman–Crippen LogP) is 0.810. The Morgan fingerprint density at radius 2 is 2.00 bits per heavy atom. The van der Waals surface area contributed by atoms with Crippen LogP contribution in [0.5, 0.6) is 0 Å². The summed E-state index contributed by atoms with van der Waals surface area (Å²) >= 11 is 0. The van der Waals surface area contributed by atoms with Gasteiger partial charge in [-0.05, 0) is 19.4 Å². The van der Waals surface area contributed by atoms with E-state index in [1.165, 1.54) is 0 Å². The van der Waals surface area contributed by atoms with E-state index < -0.39 is 12.8 Å². The fourth-order valence-corrected chi connectivity index (χ4v) is 0.938. The molecule has 0 atom stereocenters. The molecular weight excluding hydrogens is 225 g/mol. The predicted molar refractivity (Wildman–Crippen MR) is 52.8 cm³/mol. The Balaban J connectivity index is 3.31. The molecule has 0 fully saturated rings. The maximum atomic E-state index is 11.6. The molecule has 0 aliphatic rings. The van der Waals surface area contributed by atoms with E-state index in [1.807, 2.05) is 0 Å². The molecule has 0 aromatic carbocycles. The van der Waals surface area contributed by atoms with Crippen LogP contribution in [0.1, 0.15) is 19.3 Å². The zero-order valence-electron chi connectivity index (χ0n) is 8.98. The molecule has 0 rings (SSSR count). The van der Waals surface area contributed by atoms with Gasteiger partial charge in [-0.2, -0.15) is 13.2 Å². The number of rotatable bonds is 8. The highest BCUT2D eigenvalue weighted by Gasteiger charge is 2.27. The Bertz CT molecular complexity index is 198. The molecular formula is C9H17F3N2O2. The quantitative estimate of drug-likeness (QED) is 0.619. The van der Waals surface area contributed by atoms with Crippen molar-refractivity contribution >= 4 is 5.91 Å². The Kier molecular flexibility index (Phi) is 7.92. The van der Waals surface area contributed by atoms with Gasteiger partial charge in [0.25, 0.3) is 0 Å². The number of unbranched alkanes of at least 4 members (excludes halogenated alkanes) is 1. The van der Waals surface area contributed by atoms with Crippen LogP contribution < -0.4 is 11.1 Å². The van der Waals surface area contributed by atoms with Gasteiger partial charge in [0.1, 0.15) is 6.61 Å². The molecule has 0 unspecified atom stereocenters. The summed E-state index contributed by atoms with van der Waals surface area (Å²) < 4.78 is 39.2. The maximum absolute atomic E-state index is 11.6. The van der Waals surface area contributed by atoms with Gasteiger partial charge in [0, 0.05) is 13.0 Å². The van der Waals surface area contributed by atoms with Gasteiger partial charge in [0.15, 0.2) is 0 Å². The molecule has 0 saturated carbocycles. The van der Waals surface area contributed by atoms with Crippen LogP contribution in [-0.2, 0) is 9.53 Å². The summed E-state index contributed by atoms with van der Waals surface area (Å²) in [5, 5.41) is 2.56. The number of carbonyl (C=O) groups excluding carboxylic acids is 1. The van der Waals surface area contributed by atoms with E-state index >= 15 is 0 Å². The van der Waals surface area contributed by atoms with Crippen molar-refractivity contribution in [3.63, 3.8) is 0 Å². The normalized spacial score (nSPS) is 11.5. The zero-order valence-corrected chi connectivity index (χ0v) is 8.98. The third-order valence-corrected chi connectivity index (χ3v) is 1.69. The molecule has 0 spiro atoms. The average molecular weight is 242 g/mol. The van der Waals surface area contributed by atoms with Crippen molar-refractivity contribution < 1.29 is 22.7 Å². The summed E-state index contributed by atoms with van der Waals surface area (Å²) in [6.45, 7) is -0.477. The van der Waals surface area contributed by atoms with Gasteiger partial charge in [-0.1, -0.05) is 0 Å². The summed E-state index contributed by atoms with van der Waals surface area (Å²) in [6.07, 6.45) is -2.81. The van der Waals surface area contributed by atoms with Crippen LogP contribution in [0.15, 0.2) is 0 Å². The molecule has 16 heavy (non-hydrogen) atoms. The van der Waals surface area contributed by atoms with Crippen LogP contribution in [0.2, 0.25) is 0 Å². The Labute approximate surface area is 92.3 Å². The highest BCUT2D eigenvalue weighted by molar-refractivity contribution is 5.75. The molecule has 0 aromatic heterocycles. The average Bonchev–Trinajstić information content (AvgIpc) is 2.18. The molecule has 0 aliphatic carbocycles. The number of hydrogen-bond donors (Lipinski definition) is 2. The van der Waals surface area contributed by atoms with Crippen LogP contribution in [0.3, 0.4) is 0 Å². The van der Waals surface area contributed by atoms with Gasteiger partial charge in [-0.25, -0.2) is 0 Å². The summed E-state index contributed by atoms with van der Waals surface area (Å²) in [4.78, 5) is 11.0. The van der Waals surface area contributed by atoms with E-state index in [0.717, 1.165) is 12.8 Å². The van der Waals surface area contributed by atoms with Crippen LogP contribution >= 0.6 is 0 Å². The number of hydrogen-bond acceptors (Lipinski definition) is 3. The van der Waals surface area contributed by atoms with Crippen molar-refractivity contribution in [3.05, 3.63) is 0 Å². The first kappa shape index (κ1) is 15.2. The van der Waals surface area contributed by atoms with Crippen LogP contribution in [0, 0.1) is 0 Å². The number of alkyl halides is 3. The fourth-order valence-electron chi connectivity index (χ4n) is 0.938.